The quantitative estimate of drug-likeness (QED) is 0.275. The highest BCUT2D eigenvalue weighted by molar-refractivity contribution is 6.17. The molecule has 0 aromatic rings. The van der Waals surface area contributed by atoms with Gasteiger partial charge in [-0.2, -0.15) is 0 Å². The van der Waals surface area contributed by atoms with E-state index >= 15 is 0 Å². The maximum atomic E-state index is 10.4. The van der Waals surface area contributed by atoms with Gasteiger partial charge in [-0.1, -0.05) is 11.8 Å². The second-order valence-corrected chi connectivity index (χ2v) is 2.44. The number of ketones is 1. The van der Waals surface area contributed by atoms with Crippen molar-refractivity contribution in [3.05, 3.63) is 12.2 Å². The van der Waals surface area contributed by atoms with E-state index in [4.69, 9.17) is 11.6 Å². The molecule has 0 N–H and O–H groups in total. The van der Waals surface area contributed by atoms with Crippen LogP contribution >= 0.6 is 11.6 Å². The van der Waals surface area contributed by atoms with Gasteiger partial charge in [-0.3, -0.25) is 4.79 Å². The Bertz CT molecular complexity index is 195. The van der Waals surface area contributed by atoms with Gasteiger partial charge >= 0.3 is 0 Å². The van der Waals surface area contributed by atoms with Crippen LogP contribution in [0.4, 0.5) is 0 Å². The van der Waals surface area contributed by atoms with E-state index in [0.29, 0.717) is 5.88 Å². The van der Waals surface area contributed by atoms with Crippen LogP contribution in [0.25, 0.3) is 0 Å². The average molecular weight is 171 g/mol. The average Bonchev–Trinajstić information content (AvgIpc) is 1.96. The van der Waals surface area contributed by atoms with Gasteiger partial charge in [-0.15, -0.1) is 11.6 Å². The number of hydrogen-bond acceptors (Lipinski definition) is 1. The van der Waals surface area contributed by atoms with Gasteiger partial charge in [0.15, 0.2) is 5.78 Å². The fourth-order valence-electron chi connectivity index (χ4n) is 0.445. The summed E-state index contributed by atoms with van der Waals surface area (Å²) in [6, 6.07) is 0. The summed E-state index contributed by atoms with van der Waals surface area (Å²) in [6.07, 6.45) is 4.72. The molecule has 0 saturated heterocycles. The van der Waals surface area contributed by atoms with Crippen molar-refractivity contribution in [2.75, 3.05) is 5.88 Å². The zero-order chi connectivity index (χ0) is 8.53. The molecule has 0 aliphatic heterocycles. The molecular formula is C9H11ClO. The molecule has 0 radical (unpaired) electrons. The Morgan fingerprint density at radius 2 is 2.36 bits per heavy atom. The first-order chi connectivity index (χ1) is 5.27. The topological polar surface area (TPSA) is 17.1 Å². The molecule has 0 rings (SSSR count). The van der Waals surface area contributed by atoms with Crippen molar-refractivity contribution >= 4 is 17.4 Å². The number of rotatable bonds is 3. The van der Waals surface area contributed by atoms with E-state index in [1.165, 1.54) is 13.0 Å². The molecule has 0 atom stereocenters. The van der Waals surface area contributed by atoms with E-state index in [9.17, 15) is 4.79 Å². The Morgan fingerprint density at radius 1 is 1.64 bits per heavy atom. The van der Waals surface area contributed by atoms with Gasteiger partial charge in [-0.25, -0.2) is 0 Å². The minimum atomic E-state index is 0.0247. The van der Waals surface area contributed by atoms with Crippen molar-refractivity contribution < 1.29 is 4.79 Å². The van der Waals surface area contributed by atoms with E-state index in [0.717, 1.165) is 12.8 Å². The largest absolute Gasteiger partial charge is 0.295 e. The third-order valence-electron chi connectivity index (χ3n) is 0.939. The highest BCUT2D eigenvalue weighted by Gasteiger charge is 1.78. The van der Waals surface area contributed by atoms with Crippen LogP contribution < -0.4 is 0 Å². The summed E-state index contributed by atoms with van der Waals surface area (Å²) in [5, 5.41) is 0. The molecule has 2 heteroatoms. The molecule has 0 fully saturated rings. The smallest absolute Gasteiger partial charge is 0.153 e. The Morgan fingerprint density at radius 3 is 2.91 bits per heavy atom. The molecule has 0 aliphatic carbocycles. The second kappa shape index (κ2) is 7.37. The predicted molar refractivity (Wildman–Crippen MR) is 47.6 cm³/mol. The lowest BCUT2D eigenvalue weighted by molar-refractivity contribution is -0.112. The molecule has 0 saturated carbocycles. The first-order valence-corrected chi connectivity index (χ1v) is 4.02. The molecule has 60 valence electrons. The van der Waals surface area contributed by atoms with Gasteiger partial charge in [0.25, 0.3) is 0 Å². The summed E-state index contributed by atoms with van der Waals surface area (Å²) >= 11 is 5.42. The van der Waals surface area contributed by atoms with Gasteiger partial charge in [0.1, 0.15) is 0 Å². The number of alkyl halides is 1. The lowest BCUT2D eigenvalue weighted by atomic mass is 10.3. The van der Waals surface area contributed by atoms with Crippen molar-refractivity contribution in [2.24, 2.45) is 0 Å². The normalized spacial score (nSPS) is 9.27. The third kappa shape index (κ3) is 9.26. The van der Waals surface area contributed by atoms with Crippen LogP contribution in [0.1, 0.15) is 19.8 Å². The summed E-state index contributed by atoms with van der Waals surface area (Å²) in [5.41, 5.74) is 0. The Hall–Kier alpha value is -0.740. The van der Waals surface area contributed by atoms with Crippen molar-refractivity contribution in [2.45, 2.75) is 19.8 Å². The summed E-state index contributed by atoms with van der Waals surface area (Å²) < 4.78 is 0. The number of hydrogen-bond donors (Lipinski definition) is 0. The van der Waals surface area contributed by atoms with Gasteiger partial charge < -0.3 is 0 Å². The SMILES string of the molecule is CC(=O)/C=C/C#CCCCCl. The second-order valence-electron chi connectivity index (χ2n) is 2.06. The highest BCUT2D eigenvalue weighted by atomic mass is 35.5. The number of unbranched alkanes of at least 4 members (excludes halogenated alkanes) is 1. The molecule has 0 amide bonds. The minimum Gasteiger partial charge on any atom is -0.295 e. The monoisotopic (exact) mass is 170 g/mol. The number of carbonyl (C=O) groups excluding carboxylic acids is 1. The molecule has 0 aromatic heterocycles. The van der Waals surface area contributed by atoms with Gasteiger partial charge in [-0.05, 0) is 25.5 Å². The maximum absolute atomic E-state index is 10.4. The molecule has 0 unspecified atom stereocenters. The zero-order valence-electron chi connectivity index (χ0n) is 6.56. The summed E-state index contributed by atoms with van der Waals surface area (Å²) in [6.45, 7) is 1.50. The lowest BCUT2D eigenvalue weighted by Gasteiger charge is -1.80. The fourth-order valence-corrected chi connectivity index (χ4v) is 0.579. The van der Waals surface area contributed by atoms with E-state index in [1.54, 1.807) is 6.08 Å². The third-order valence-corrected chi connectivity index (χ3v) is 1.21. The Balaban J connectivity index is 3.47. The Labute approximate surface area is 72.4 Å². The van der Waals surface area contributed by atoms with E-state index in [-0.39, 0.29) is 5.78 Å². The van der Waals surface area contributed by atoms with Gasteiger partial charge in [0, 0.05) is 12.3 Å². The first-order valence-electron chi connectivity index (χ1n) is 3.49. The summed E-state index contributed by atoms with van der Waals surface area (Å²) in [5.74, 6) is 6.28. The molecule has 0 bridgehead atoms. The summed E-state index contributed by atoms with van der Waals surface area (Å²) in [7, 11) is 0. The molecule has 1 nitrogen and oxygen atoms in total. The van der Waals surface area contributed by atoms with Crippen LogP contribution in [-0.4, -0.2) is 11.7 Å². The maximum Gasteiger partial charge on any atom is 0.153 e. The van der Waals surface area contributed by atoms with E-state index in [1.807, 2.05) is 0 Å². The van der Waals surface area contributed by atoms with Crippen molar-refractivity contribution in [3.63, 3.8) is 0 Å². The first kappa shape index (κ1) is 10.3. The predicted octanol–water partition coefficient (Wildman–Crippen LogP) is 2.15. The van der Waals surface area contributed by atoms with Crippen molar-refractivity contribution in [3.8, 4) is 11.8 Å². The Kier molecular flexibility index (Phi) is 6.87. The lowest BCUT2D eigenvalue weighted by Crippen LogP contribution is -1.77. The van der Waals surface area contributed by atoms with Gasteiger partial charge in [0.2, 0.25) is 0 Å². The van der Waals surface area contributed by atoms with Crippen LogP contribution in [0.5, 0.6) is 0 Å². The molecule has 0 spiro atoms. The highest BCUT2D eigenvalue weighted by Crippen LogP contribution is 1.88. The van der Waals surface area contributed by atoms with Crippen molar-refractivity contribution in [1.29, 1.82) is 0 Å². The van der Waals surface area contributed by atoms with Crippen LogP contribution in [0.3, 0.4) is 0 Å². The number of carbonyl (C=O) groups is 1. The van der Waals surface area contributed by atoms with Crippen LogP contribution in [0, 0.1) is 11.8 Å². The molecule has 11 heavy (non-hydrogen) atoms. The van der Waals surface area contributed by atoms with Crippen molar-refractivity contribution in [1.82, 2.24) is 0 Å². The zero-order valence-corrected chi connectivity index (χ0v) is 7.32. The number of halogens is 1. The van der Waals surface area contributed by atoms with E-state index < -0.39 is 0 Å². The van der Waals surface area contributed by atoms with E-state index in [2.05, 4.69) is 11.8 Å². The van der Waals surface area contributed by atoms with Crippen LogP contribution in [0.15, 0.2) is 12.2 Å². The number of allylic oxidation sites excluding steroid dienone is 2. The standard InChI is InChI=1S/C9H11ClO/c1-9(11)7-5-3-2-4-6-8-10/h5,7H,4,6,8H2,1H3/b7-5+. The molecular weight excluding hydrogens is 160 g/mol. The van der Waals surface area contributed by atoms with Crippen LogP contribution in [-0.2, 0) is 4.79 Å². The molecule has 0 aromatic carbocycles. The summed E-state index contributed by atoms with van der Waals surface area (Å²) in [4.78, 5) is 10.4. The minimum absolute atomic E-state index is 0.0247. The molecule has 0 heterocycles. The van der Waals surface area contributed by atoms with Gasteiger partial charge in [0.05, 0.1) is 0 Å². The molecule has 0 aliphatic rings. The van der Waals surface area contributed by atoms with Crippen LogP contribution in [0.2, 0.25) is 0 Å². The fraction of sp³-hybridized carbons (Fsp3) is 0.444.